The summed E-state index contributed by atoms with van der Waals surface area (Å²) in [5.74, 6) is 1.60. The van der Waals surface area contributed by atoms with E-state index in [2.05, 4.69) is 19.1 Å². The van der Waals surface area contributed by atoms with Crippen molar-refractivity contribution in [3.63, 3.8) is 0 Å². The quantitative estimate of drug-likeness (QED) is 0.807. The highest BCUT2D eigenvalue weighted by molar-refractivity contribution is 5.82. The van der Waals surface area contributed by atoms with Crippen molar-refractivity contribution in [1.29, 1.82) is 0 Å². The number of amides is 1. The van der Waals surface area contributed by atoms with Gasteiger partial charge in [0.25, 0.3) is 0 Å². The van der Waals surface area contributed by atoms with Crippen LogP contribution in [0.1, 0.15) is 37.0 Å². The molecular formula is C18H21NO2. The molecule has 1 aliphatic carbocycles. The fraction of sp³-hybridized carbons (Fsp3) is 0.389. The van der Waals surface area contributed by atoms with Gasteiger partial charge in [-0.15, -0.1) is 0 Å². The van der Waals surface area contributed by atoms with E-state index in [1.807, 2.05) is 35.2 Å². The van der Waals surface area contributed by atoms with E-state index in [0.29, 0.717) is 6.54 Å². The van der Waals surface area contributed by atoms with Crippen LogP contribution in [0.3, 0.4) is 0 Å². The molecule has 1 aromatic heterocycles. The molecule has 0 bridgehead atoms. The lowest BCUT2D eigenvalue weighted by atomic mass is 10.1. The van der Waals surface area contributed by atoms with Crippen LogP contribution in [0.2, 0.25) is 0 Å². The average Bonchev–Trinajstić information content (AvgIpc) is 3.12. The van der Waals surface area contributed by atoms with Gasteiger partial charge in [0, 0.05) is 24.9 Å². The van der Waals surface area contributed by atoms with Gasteiger partial charge in [-0.3, -0.25) is 4.79 Å². The number of rotatable bonds is 6. The predicted molar refractivity (Wildman–Crippen MR) is 81.7 cm³/mol. The van der Waals surface area contributed by atoms with Gasteiger partial charge in [-0.25, -0.2) is 0 Å². The Morgan fingerprint density at radius 3 is 2.71 bits per heavy atom. The maximum absolute atomic E-state index is 12.7. The molecular weight excluding hydrogens is 262 g/mol. The second-order valence-corrected chi connectivity index (χ2v) is 5.71. The molecule has 2 atom stereocenters. The van der Waals surface area contributed by atoms with Crippen LogP contribution in [0.5, 0.6) is 0 Å². The van der Waals surface area contributed by atoms with Gasteiger partial charge in [0.05, 0.1) is 6.26 Å². The maximum Gasteiger partial charge on any atom is 0.226 e. The molecule has 110 valence electrons. The van der Waals surface area contributed by atoms with Crippen LogP contribution in [-0.4, -0.2) is 17.4 Å². The standard InChI is InChI=1S/C18H21NO2/c1-2-10-19(13-14-7-4-3-5-8-14)18(20)16-12-15(16)17-9-6-11-21-17/h3-9,11,15-16H,2,10,12-13H2,1H3. The third kappa shape index (κ3) is 3.18. The summed E-state index contributed by atoms with van der Waals surface area (Å²) in [5.41, 5.74) is 1.19. The van der Waals surface area contributed by atoms with Crippen molar-refractivity contribution in [1.82, 2.24) is 4.90 Å². The number of hydrogen-bond acceptors (Lipinski definition) is 2. The van der Waals surface area contributed by atoms with Crippen molar-refractivity contribution in [2.45, 2.75) is 32.2 Å². The molecule has 21 heavy (non-hydrogen) atoms. The van der Waals surface area contributed by atoms with Gasteiger partial charge in [-0.1, -0.05) is 37.3 Å². The molecule has 0 N–H and O–H groups in total. The Bertz CT molecular complexity index is 577. The summed E-state index contributed by atoms with van der Waals surface area (Å²) in [6.07, 6.45) is 3.58. The first kappa shape index (κ1) is 13.9. The molecule has 1 aliphatic rings. The Morgan fingerprint density at radius 1 is 1.24 bits per heavy atom. The molecule has 0 radical (unpaired) electrons. The van der Waals surface area contributed by atoms with Crippen LogP contribution in [0.4, 0.5) is 0 Å². The summed E-state index contributed by atoms with van der Waals surface area (Å²) in [5, 5.41) is 0. The van der Waals surface area contributed by atoms with E-state index in [9.17, 15) is 4.79 Å². The smallest absolute Gasteiger partial charge is 0.226 e. The number of hydrogen-bond donors (Lipinski definition) is 0. The van der Waals surface area contributed by atoms with Crippen molar-refractivity contribution >= 4 is 5.91 Å². The van der Waals surface area contributed by atoms with Gasteiger partial charge >= 0.3 is 0 Å². The molecule has 2 unspecified atom stereocenters. The van der Waals surface area contributed by atoms with Crippen LogP contribution in [0.15, 0.2) is 53.1 Å². The normalized spacial score (nSPS) is 20.2. The van der Waals surface area contributed by atoms with E-state index in [-0.39, 0.29) is 17.7 Å². The van der Waals surface area contributed by atoms with Crippen LogP contribution in [-0.2, 0) is 11.3 Å². The number of nitrogens with zero attached hydrogens (tertiary/aromatic N) is 1. The molecule has 2 aromatic rings. The lowest BCUT2D eigenvalue weighted by Crippen LogP contribution is -2.32. The molecule has 1 heterocycles. The summed E-state index contributed by atoms with van der Waals surface area (Å²) < 4.78 is 5.43. The zero-order valence-electron chi connectivity index (χ0n) is 12.4. The third-order valence-electron chi connectivity index (χ3n) is 4.04. The molecule has 1 aromatic carbocycles. The lowest BCUT2D eigenvalue weighted by molar-refractivity contribution is -0.133. The van der Waals surface area contributed by atoms with E-state index >= 15 is 0 Å². The highest BCUT2D eigenvalue weighted by Gasteiger charge is 2.47. The Hall–Kier alpha value is -2.03. The minimum Gasteiger partial charge on any atom is -0.469 e. The molecule has 0 spiro atoms. The fourth-order valence-corrected chi connectivity index (χ4v) is 2.86. The Labute approximate surface area is 125 Å². The highest BCUT2D eigenvalue weighted by Crippen LogP contribution is 2.48. The molecule has 1 saturated carbocycles. The first-order valence-corrected chi connectivity index (χ1v) is 7.65. The van der Waals surface area contributed by atoms with E-state index in [4.69, 9.17) is 4.42 Å². The summed E-state index contributed by atoms with van der Waals surface area (Å²) in [6, 6.07) is 14.1. The average molecular weight is 283 g/mol. The van der Waals surface area contributed by atoms with Gasteiger partial charge in [0.2, 0.25) is 5.91 Å². The van der Waals surface area contributed by atoms with Crippen molar-refractivity contribution in [2.24, 2.45) is 5.92 Å². The topological polar surface area (TPSA) is 33.5 Å². The maximum atomic E-state index is 12.7. The van der Waals surface area contributed by atoms with Crippen molar-refractivity contribution < 1.29 is 9.21 Å². The third-order valence-corrected chi connectivity index (χ3v) is 4.04. The second kappa shape index (κ2) is 6.17. The predicted octanol–water partition coefficient (Wildman–Crippen LogP) is 3.82. The summed E-state index contributed by atoms with van der Waals surface area (Å²) in [7, 11) is 0. The molecule has 1 fully saturated rings. The van der Waals surface area contributed by atoms with Crippen LogP contribution < -0.4 is 0 Å². The molecule has 3 nitrogen and oxygen atoms in total. The summed E-state index contributed by atoms with van der Waals surface area (Å²) in [4.78, 5) is 14.7. The zero-order valence-corrected chi connectivity index (χ0v) is 12.4. The summed E-state index contributed by atoms with van der Waals surface area (Å²) >= 11 is 0. The van der Waals surface area contributed by atoms with Crippen molar-refractivity contribution in [3.05, 3.63) is 60.1 Å². The highest BCUT2D eigenvalue weighted by atomic mass is 16.3. The van der Waals surface area contributed by atoms with Crippen LogP contribution in [0, 0.1) is 5.92 Å². The Kier molecular flexibility index (Phi) is 4.09. The van der Waals surface area contributed by atoms with Gasteiger partial charge in [-0.05, 0) is 30.5 Å². The monoisotopic (exact) mass is 283 g/mol. The molecule has 0 aliphatic heterocycles. The fourth-order valence-electron chi connectivity index (χ4n) is 2.86. The van der Waals surface area contributed by atoms with Crippen LogP contribution in [0.25, 0.3) is 0 Å². The number of benzene rings is 1. The minimum atomic E-state index is 0.103. The van der Waals surface area contributed by atoms with Crippen molar-refractivity contribution in [3.8, 4) is 0 Å². The van der Waals surface area contributed by atoms with Gasteiger partial charge in [0.1, 0.15) is 5.76 Å². The lowest BCUT2D eigenvalue weighted by Gasteiger charge is -2.22. The minimum absolute atomic E-state index is 0.103. The largest absolute Gasteiger partial charge is 0.469 e. The van der Waals surface area contributed by atoms with E-state index < -0.39 is 0 Å². The van der Waals surface area contributed by atoms with E-state index in [0.717, 1.165) is 25.1 Å². The van der Waals surface area contributed by atoms with Crippen LogP contribution >= 0.6 is 0 Å². The summed E-state index contributed by atoms with van der Waals surface area (Å²) in [6.45, 7) is 3.63. The van der Waals surface area contributed by atoms with Gasteiger partial charge < -0.3 is 9.32 Å². The molecule has 3 rings (SSSR count). The first-order chi connectivity index (χ1) is 10.3. The Balaban J connectivity index is 1.66. The number of carbonyl (C=O) groups excluding carboxylic acids is 1. The van der Waals surface area contributed by atoms with E-state index in [1.54, 1.807) is 6.26 Å². The molecule has 0 saturated heterocycles. The van der Waals surface area contributed by atoms with E-state index in [1.165, 1.54) is 5.56 Å². The SMILES string of the molecule is CCCN(Cc1ccccc1)C(=O)C1CC1c1ccco1. The van der Waals surface area contributed by atoms with Crippen molar-refractivity contribution in [2.75, 3.05) is 6.54 Å². The number of carbonyl (C=O) groups is 1. The second-order valence-electron chi connectivity index (χ2n) is 5.71. The first-order valence-electron chi connectivity index (χ1n) is 7.65. The molecule has 1 amide bonds. The Morgan fingerprint density at radius 2 is 2.05 bits per heavy atom. The number of furan rings is 1. The van der Waals surface area contributed by atoms with Gasteiger partial charge in [-0.2, -0.15) is 0 Å². The van der Waals surface area contributed by atoms with Gasteiger partial charge in [0.15, 0.2) is 0 Å². The zero-order chi connectivity index (χ0) is 14.7. The molecule has 3 heteroatoms.